The van der Waals surface area contributed by atoms with Gasteiger partial charge in [0.25, 0.3) is 0 Å². The molecule has 0 radical (unpaired) electrons. The second kappa shape index (κ2) is 4.18. The fourth-order valence-corrected chi connectivity index (χ4v) is 1.08. The van der Waals surface area contributed by atoms with Crippen LogP contribution in [0.2, 0.25) is 0 Å². The molecule has 0 fully saturated rings. The van der Waals surface area contributed by atoms with Crippen LogP contribution in [-0.2, 0) is 6.42 Å². The third-order valence-electron chi connectivity index (χ3n) is 1.71. The van der Waals surface area contributed by atoms with Crippen LogP contribution in [0.3, 0.4) is 0 Å². The van der Waals surface area contributed by atoms with Crippen molar-refractivity contribution in [1.29, 1.82) is 0 Å². The number of phenols is 1. The molecule has 0 aliphatic rings. The van der Waals surface area contributed by atoms with E-state index in [0.29, 0.717) is 12.5 Å². The van der Waals surface area contributed by atoms with Gasteiger partial charge in [0.2, 0.25) is 0 Å². The van der Waals surface area contributed by atoms with E-state index in [0.717, 1.165) is 6.07 Å². The molecule has 72 valence electrons. The van der Waals surface area contributed by atoms with Crippen LogP contribution in [0.5, 0.6) is 5.75 Å². The largest absolute Gasteiger partial charge is 0.505 e. The fraction of sp³-hybridized carbons (Fsp3) is 0.333. The first-order valence-corrected chi connectivity index (χ1v) is 3.93. The molecule has 0 atom stereocenters. The fourth-order valence-electron chi connectivity index (χ4n) is 1.08. The second-order valence-electron chi connectivity index (χ2n) is 2.72. The molecule has 0 heterocycles. The quantitative estimate of drug-likeness (QED) is 0.756. The Kier molecular flexibility index (Phi) is 3.19. The highest BCUT2D eigenvalue weighted by Gasteiger charge is 2.09. The summed E-state index contributed by atoms with van der Waals surface area (Å²) in [5.74, 6) is -2.22. The molecule has 0 saturated heterocycles. The van der Waals surface area contributed by atoms with Gasteiger partial charge in [-0.15, -0.1) is 0 Å². The first kappa shape index (κ1) is 9.92. The highest BCUT2D eigenvalue weighted by atomic mass is 19.1. The lowest BCUT2D eigenvalue weighted by atomic mass is 10.1. The van der Waals surface area contributed by atoms with Crippen LogP contribution in [0.25, 0.3) is 0 Å². The molecular formula is C9H10F2O2. The van der Waals surface area contributed by atoms with Crippen LogP contribution in [0.15, 0.2) is 12.1 Å². The predicted molar refractivity (Wildman–Crippen MR) is 43.4 cm³/mol. The van der Waals surface area contributed by atoms with Crippen molar-refractivity contribution < 1.29 is 19.0 Å². The van der Waals surface area contributed by atoms with Gasteiger partial charge in [0.15, 0.2) is 11.6 Å². The first-order chi connectivity index (χ1) is 6.15. The summed E-state index contributed by atoms with van der Waals surface area (Å²) in [6.45, 7) is -0.0719. The van der Waals surface area contributed by atoms with Gasteiger partial charge in [0, 0.05) is 12.7 Å². The summed E-state index contributed by atoms with van der Waals surface area (Å²) in [5.41, 5.74) is 0.187. The highest BCUT2D eigenvalue weighted by Crippen LogP contribution is 2.23. The number of rotatable bonds is 3. The van der Waals surface area contributed by atoms with Crippen molar-refractivity contribution in [1.82, 2.24) is 0 Å². The summed E-state index contributed by atoms with van der Waals surface area (Å²) >= 11 is 0. The van der Waals surface area contributed by atoms with Gasteiger partial charge in [-0.2, -0.15) is 0 Å². The summed E-state index contributed by atoms with van der Waals surface area (Å²) in [7, 11) is 0. The zero-order valence-electron chi connectivity index (χ0n) is 6.93. The lowest BCUT2D eigenvalue weighted by Crippen LogP contribution is -1.93. The number of aliphatic hydroxyl groups excluding tert-OH is 1. The number of hydrogen-bond donors (Lipinski definition) is 2. The Bertz CT molecular complexity index is 300. The third-order valence-corrected chi connectivity index (χ3v) is 1.71. The summed E-state index contributed by atoms with van der Waals surface area (Å²) in [6, 6.07) is 1.69. The van der Waals surface area contributed by atoms with Crippen molar-refractivity contribution in [3.63, 3.8) is 0 Å². The van der Waals surface area contributed by atoms with E-state index < -0.39 is 17.4 Å². The third kappa shape index (κ3) is 2.39. The monoisotopic (exact) mass is 188 g/mol. The Morgan fingerprint density at radius 2 is 1.92 bits per heavy atom. The average Bonchev–Trinajstić information content (AvgIpc) is 2.09. The first-order valence-electron chi connectivity index (χ1n) is 3.93. The van der Waals surface area contributed by atoms with Crippen molar-refractivity contribution >= 4 is 0 Å². The molecular weight excluding hydrogens is 178 g/mol. The predicted octanol–water partition coefficient (Wildman–Crippen LogP) is 1.60. The normalized spacial score (nSPS) is 10.4. The number of benzene rings is 1. The van der Waals surface area contributed by atoms with E-state index in [-0.39, 0.29) is 18.6 Å². The topological polar surface area (TPSA) is 40.5 Å². The van der Waals surface area contributed by atoms with E-state index >= 15 is 0 Å². The zero-order chi connectivity index (χ0) is 9.84. The molecule has 0 bridgehead atoms. The van der Waals surface area contributed by atoms with Crippen molar-refractivity contribution in [2.45, 2.75) is 12.8 Å². The Morgan fingerprint density at radius 1 is 1.23 bits per heavy atom. The van der Waals surface area contributed by atoms with Crippen LogP contribution >= 0.6 is 0 Å². The molecule has 4 heteroatoms. The minimum Gasteiger partial charge on any atom is -0.505 e. The molecule has 2 nitrogen and oxygen atoms in total. The van der Waals surface area contributed by atoms with Crippen LogP contribution in [0, 0.1) is 11.6 Å². The molecule has 2 N–H and O–H groups in total. The Hall–Kier alpha value is -1.16. The molecule has 0 aliphatic carbocycles. The molecule has 1 aromatic carbocycles. The van der Waals surface area contributed by atoms with Gasteiger partial charge >= 0.3 is 0 Å². The number of halogens is 2. The van der Waals surface area contributed by atoms with Gasteiger partial charge in [0.1, 0.15) is 5.82 Å². The van der Waals surface area contributed by atoms with Crippen molar-refractivity contribution in [2.75, 3.05) is 6.61 Å². The molecule has 0 spiro atoms. The molecule has 0 aliphatic heterocycles. The van der Waals surface area contributed by atoms with Crippen molar-refractivity contribution in [3.05, 3.63) is 29.3 Å². The van der Waals surface area contributed by atoms with Gasteiger partial charge < -0.3 is 10.2 Å². The number of phenolic OH excluding ortho intramolecular Hbond substituents is 1. The summed E-state index contributed by atoms with van der Waals surface area (Å²) in [6.07, 6.45) is 0.632. The molecule has 1 rings (SSSR count). The number of aliphatic hydroxyl groups is 1. The number of aryl methyl sites for hydroxylation is 1. The Balaban J connectivity index is 2.92. The molecule has 0 amide bonds. The van der Waals surface area contributed by atoms with Crippen molar-refractivity contribution in [2.24, 2.45) is 0 Å². The van der Waals surface area contributed by atoms with E-state index in [4.69, 9.17) is 10.2 Å². The van der Waals surface area contributed by atoms with E-state index in [1.165, 1.54) is 0 Å². The van der Waals surface area contributed by atoms with Gasteiger partial charge in [-0.05, 0) is 24.5 Å². The maximum Gasteiger partial charge on any atom is 0.168 e. The van der Waals surface area contributed by atoms with E-state index in [9.17, 15) is 8.78 Å². The van der Waals surface area contributed by atoms with Crippen LogP contribution in [0.1, 0.15) is 12.0 Å². The lowest BCUT2D eigenvalue weighted by Gasteiger charge is -2.04. The van der Waals surface area contributed by atoms with Gasteiger partial charge in [-0.3, -0.25) is 0 Å². The smallest absolute Gasteiger partial charge is 0.168 e. The maximum atomic E-state index is 12.7. The minimum atomic E-state index is -0.965. The molecule has 0 saturated carbocycles. The SMILES string of the molecule is OCCCc1cc(F)cc(F)c1O. The van der Waals surface area contributed by atoms with Gasteiger partial charge in [-0.1, -0.05) is 0 Å². The second-order valence-corrected chi connectivity index (χ2v) is 2.72. The van der Waals surface area contributed by atoms with Crippen LogP contribution < -0.4 is 0 Å². The van der Waals surface area contributed by atoms with Crippen LogP contribution in [-0.4, -0.2) is 16.8 Å². The van der Waals surface area contributed by atoms with E-state index in [1.807, 2.05) is 0 Å². The van der Waals surface area contributed by atoms with Gasteiger partial charge in [0.05, 0.1) is 0 Å². The highest BCUT2D eigenvalue weighted by molar-refractivity contribution is 5.34. The Labute approximate surface area is 74.4 Å². The molecule has 13 heavy (non-hydrogen) atoms. The summed E-state index contributed by atoms with van der Waals surface area (Å²) in [5, 5.41) is 17.6. The Morgan fingerprint density at radius 3 is 2.54 bits per heavy atom. The molecule has 0 unspecified atom stereocenters. The summed E-state index contributed by atoms with van der Waals surface area (Å²) < 4.78 is 25.3. The minimum absolute atomic E-state index is 0.0719. The van der Waals surface area contributed by atoms with E-state index in [2.05, 4.69) is 0 Å². The van der Waals surface area contributed by atoms with E-state index in [1.54, 1.807) is 0 Å². The maximum absolute atomic E-state index is 12.7. The zero-order valence-corrected chi connectivity index (χ0v) is 6.93. The summed E-state index contributed by atoms with van der Waals surface area (Å²) in [4.78, 5) is 0. The lowest BCUT2D eigenvalue weighted by molar-refractivity contribution is 0.287. The number of hydrogen-bond acceptors (Lipinski definition) is 2. The molecule has 1 aromatic rings. The standard InChI is InChI=1S/C9H10F2O2/c10-7-4-6(2-1-3-12)9(13)8(11)5-7/h4-5,12-13H,1-3H2. The van der Waals surface area contributed by atoms with Gasteiger partial charge in [-0.25, -0.2) is 8.78 Å². The van der Waals surface area contributed by atoms with Crippen LogP contribution in [0.4, 0.5) is 8.78 Å². The van der Waals surface area contributed by atoms with Crippen molar-refractivity contribution in [3.8, 4) is 5.75 Å². The average molecular weight is 188 g/mol. The molecule has 0 aromatic heterocycles. The number of aromatic hydroxyl groups is 1.